The highest BCUT2D eigenvalue weighted by molar-refractivity contribution is 5.92. The first kappa shape index (κ1) is 23.2. The molecular weight excluding hydrogens is 458 g/mol. The number of carbonyl (C=O) groups excluding carboxylic acids is 2. The van der Waals surface area contributed by atoms with Crippen LogP contribution in [0.2, 0.25) is 0 Å². The van der Waals surface area contributed by atoms with Crippen molar-refractivity contribution < 1.29 is 33.1 Å². The molecule has 0 aliphatic carbocycles. The SMILES string of the molecule is CCOC(=O)c1ccc(Oc2coc3cc(OC(=O)c4cccc([N+](=O)[O-])c4)ccc3c2=O)cc1. The molecule has 0 radical (unpaired) electrons. The molecule has 0 saturated carbocycles. The minimum absolute atomic E-state index is 0.00141. The molecule has 3 aromatic carbocycles. The van der Waals surface area contributed by atoms with Crippen LogP contribution in [0.4, 0.5) is 5.69 Å². The van der Waals surface area contributed by atoms with E-state index in [-0.39, 0.29) is 40.3 Å². The summed E-state index contributed by atoms with van der Waals surface area (Å²) in [5, 5.41) is 11.1. The molecule has 0 unspecified atom stereocenters. The lowest BCUT2D eigenvalue weighted by Crippen LogP contribution is -2.09. The average Bonchev–Trinajstić information content (AvgIpc) is 2.86. The number of fused-ring (bicyclic) bond motifs is 1. The highest BCUT2D eigenvalue weighted by atomic mass is 16.6. The third-order valence-electron chi connectivity index (χ3n) is 4.81. The summed E-state index contributed by atoms with van der Waals surface area (Å²) in [6.45, 7) is 1.96. The van der Waals surface area contributed by atoms with Crippen molar-refractivity contribution in [3.63, 3.8) is 0 Å². The molecule has 10 nitrogen and oxygen atoms in total. The minimum atomic E-state index is -0.804. The van der Waals surface area contributed by atoms with Crippen LogP contribution in [-0.4, -0.2) is 23.5 Å². The maximum Gasteiger partial charge on any atom is 0.343 e. The standard InChI is InChI=1S/C25H17NO9/c1-2-32-24(28)15-6-8-18(9-7-15)34-22-14-33-21-13-19(10-11-20(21)23(22)27)35-25(29)16-4-3-5-17(12-16)26(30)31/h3-14H,2H2,1H3. The van der Waals surface area contributed by atoms with E-state index >= 15 is 0 Å². The molecule has 4 rings (SSSR count). The monoisotopic (exact) mass is 475 g/mol. The van der Waals surface area contributed by atoms with E-state index in [1.54, 1.807) is 6.92 Å². The second-order valence-electron chi connectivity index (χ2n) is 7.13. The van der Waals surface area contributed by atoms with E-state index < -0.39 is 22.3 Å². The third kappa shape index (κ3) is 5.17. The molecule has 0 aliphatic heterocycles. The summed E-state index contributed by atoms with van der Waals surface area (Å²) >= 11 is 0. The fraction of sp³-hybridized carbons (Fsp3) is 0.0800. The number of non-ortho nitro benzene ring substituents is 1. The van der Waals surface area contributed by atoms with Crippen LogP contribution in [0, 0.1) is 10.1 Å². The Bertz CT molecular complexity index is 1490. The van der Waals surface area contributed by atoms with Crippen molar-refractivity contribution in [2.75, 3.05) is 6.61 Å². The summed E-state index contributed by atoms with van der Waals surface area (Å²) in [5.41, 5.74) is -0.218. The quantitative estimate of drug-likeness (QED) is 0.158. The summed E-state index contributed by atoms with van der Waals surface area (Å²) in [7, 11) is 0. The number of nitrogens with zero attached hydrogens (tertiary/aromatic N) is 1. The Morgan fingerprint density at radius 1 is 0.943 bits per heavy atom. The van der Waals surface area contributed by atoms with Crippen LogP contribution in [0.5, 0.6) is 17.2 Å². The van der Waals surface area contributed by atoms with Gasteiger partial charge in [-0.1, -0.05) is 6.07 Å². The van der Waals surface area contributed by atoms with Gasteiger partial charge in [0.05, 0.1) is 28.0 Å². The lowest BCUT2D eigenvalue weighted by atomic mass is 10.2. The number of nitro benzene ring substituents is 1. The lowest BCUT2D eigenvalue weighted by molar-refractivity contribution is -0.384. The number of hydrogen-bond acceptors (Lipinski definition) is 9. The molecule has 0 spiro atoms. The summed E-state index contributed by atoms with van der Waals surface area (Å²) in [5.74, 6) is -0.955. The molecule has 0 saturated heterocycles. The van der Waals surface area contributed by atoms with Gasteiger partial charge in [0.25, 0.3) is 5.69 Å². The van der Waals surface area contributed by atoms with Gasteiger partial charge in [-0.25, -0.2) is 9.59 Å². The maximum absolute atomic E-state index is 12.8. The Kier molecular flexibility index (Phi) is 6.54. The van der Waals surface area contributed by atoms with Gasteiger partial charge in [0.2, 0.25) is 11.2 Å². The van der Waals surface area contributed by atoms with E-state index in [1.165, 1.54) is 60.7 Å². The normalized spacial score (nSPS) is 10.5. The number of ether oxygens (including phenoxy) is 3. The van der Waals surface area contributed by atoms with Gasteiger partial charge in [-0.2, -0.15) is 0 Å². The zero-order valence-electron chi connectivity index (χ0n) is 18.3. The Balaban J connectivity index is 1.52. The van der Waals surface area contributed by atoms with E-state index in [2.05, 4.69) is 0 Å². The Labute approximate surface area is 197 Å². The second kappa shape index (κ2) is 9.87. The van der Waals surface area contributed by atoms with E-state index in [0.717, 1.165) is 12.3 Å². The smallest absolute Gasteiger partial charge is 0.343 e. The molecule has 4 aromatic rings. The van der Waals surface area contributed by atoms with Gasteiger partial charge in [0.15, 0.2) is 0 Å². The molecule has 35 heavy (non-hydrogen) atoms. The van der Waals surface area contributed by atoms with Crippen LogP contribution >= 0.6 is 0 Å². The third-order valence-corrected chi connectivity index (χ3v) is 4.81. The fourth-order valence-electron chi connectivity index (χ4n) is 3.14. The van der Waals surface area contributed by atoms with Gasteiger partial charge < -0.3 is 18.6 Å². The first-order valence-corrected chi connectivity index (χ1v) is 10.3. The van der Waals surface area contributed by atoms with Crippen LogP contribution < -0.4 is 14.9 Å². The predicted molar refractivity (Wildman–Crippen MR) is 123 cm³/mol. The first-order valence-electron chi connectivity index (χ1n) is 10.3. The van der Waals surface area contributed by atoms with Crippen LogP contribution in [0.3, 0.4) is 0 Å². The van der Waals surface area contributed by atoms with E-state index in [0.29, 0.717) is 11.3 Å². The van der Waals surface area contributed by atoms with E-state index in [4.69, 9.17) is 18.6 Å². The van der Waals surface area contributed by atoms with Crippen molar-refractivity contribution in [1.82, 2.24) is 0 Å². The Morgan fingerprint density at radius 2 is 1.69 bits per heavy atom. The molecule has 176 valence electrons. The van der Waals surface area contributed by atoms with E-state index in [9.17, 15) is 24.5 Å². The molecule has 0 fully saturated rings. The van der Waals surface area contributed by atoms with Crippen molar-refractivity contribution >= 4 is 28.6 Å². The summed E-state index contributed by atoms with van der Waals surface area (Å²) in [4.78, 5) is 47.2. The molecule has 0 bridgehead atoms. The van der Waals surface area contributed by atoms with Crippen LogP contribution in [0.25, 0.3) is 11.0 Å². The topological polar surface area (TPSA) is 135 Å². The van der Waals surface area contributed by atoms with Crippen LogP contribution in [0.15, 0.2) is 82.2 Å². The number of rotatable bonds is 7. The molecule has 10 heteroatoms. The van der Waals surface area contributed by atoms with Crippen LogP contribution in [-0.2, 0) is 4.74 Å². The summed E-state index contributed by atoms with van der Waals surface area (Å²) in [6.07, 6.45) is 1.12. The first-order chi connectivity index (χ1) is 16.9. The zero-order valence-corrected chi connectivity index (χ0v) is 18.3. The van der Waals surface area contributed by atoms with Gasteiger partial charge >= 0.3 is 11.9 Å². The van der Waals surface area contributed by atoms with Gasteiger partial charge in [0.1, 0.15) is 23.3 Å². The van der Waals surface area contributed by atoms with Crippen LogP contribution in [0.1, 0.15) is 27.6 Å². The average molecular weight is 475 g/mol. The largest absolute Gasteiger partial charge is 0.462 e. The number of esters is 2. The highest BCUT2D eigenvalue weighted by Gasteiger charge is 2.16. The second-order valence-corrected chi connectivity index (χ2v) is 7.13. The molecular formula is C25H17NO9. The number of benzene rings is 3. The molecule has 0 amide bonds. The highest BCUT2D eigenvalue weighted by Crippen LogP contribution is 2.25. The van der Waals surface area contributed by atoms with Gasteiger partial charge in [-0.3, -0.25) is 14.9 Å². The van der Waals surface area contributed by atoms with Gasteiger partial charge in [0, 0.05) is 18.2 Å². The number of hydrogen-bond donors (Lipinski definition) is 0. The van der Waals surface area contributed by atoms with Crippen molar-refractivity contribution in [2.45, 2.75) is 6.92 Å². The molecule has 0 aliphatic rings. The van der Waals surface area contributed by atoms with Gasteiger partial charge in [-0.15, -0.1) is 0 Å². The van der Waals surface area contributed by atoms with Crippen molar-refractivity contribution in [3.8, 4) is 17.2 Å². The van der Waals surface area contributed by atoms with E-state index in [1.807, 2.05) is 0 Å². The predicted octanol–water partition coefficient (Wildman–Crippen LogP) is 4.89. The summed E-state index contributed by atoms with van der Waals surface area (Å²) in [6, 6.07) is 15.3. The maximum atomic E-state index is 12.8. The number of nitro groups is 1. The fourth-order valence-corrected chi connectivity index (χ4v) is 3.14. The zero-order chi connectivity index (χ0) is 24.9. The van der Waals surface area contributed by atoms with Crippen molar-refractivity contribution in [2.24, 2.45) is 0 Å². The lowest BCUT2D eigenvalue weighted by Gasteiger charge is -2.08. The Morgan fingerprint density at radius 3 is 2.40 bits per heavy atom. The molecule has 0 N–H and O–H groups in total. The van der Waals surface area contributed by atoms with Crippen molar-refractivity contribution in [3.05, 3.63) is 104 Å². The Hall–Kier alpha value is -4.99. The molecule has 1 aromatic heterocycles. The molecule has 1 heterocycles. The van der Waals surface area contributed by atoms with Crippen molar-refractivity contribution in [1.29, 1.82) is 0 Å². The summed E-state index contributed by atoms with van der Waals surface area (Å²) < 4.78 is 21.3. The number of carbonyl (C=O) groups is 2. The molecule has 0 atom stereocenters. The minimum Gasteiger partial charge on any atom is -0.462 e. The van der Waals surface area contributed by atoms with Gasteiger partial charge in [-0.05, 0) is 49.4 Å².